The van der Waals surface area contributed by atoms with Crippen molar-refractivity contribution in [2.24, 2.45) is 0 Å². The molecular formula is C15H14N4O2. The van der Waals surface area contributed by atoms with Crippen LogP contribution in [0.2, 0.25) is 0 Å². The third-order valence-electron chi connectivity index (χ3n) is 3.18. The van der Waals surface area contributed by atoms with Gasteiger partial charge in [-0.25, -0.2) is 0 Å². The summed E-state index contributed by atoms with van der Waals surface area (Å²) in [4.78, 5) is 8.48. The van der Waals surface area contributed by atoms with E-state index in [4.69, 9.17) is 15.0 Å². The Morgan fingerprint density at radius 3 is 2.81 bits per heavy atom. The average Bonchev–Trinajstić information content (AvgIpc) is 2.97. The van der Waals surface area contributed by atoms with Crippen LogP contribution in [0.1, 0.15) is 5.56 Å². The van der Waals surface area contributed by atoms with Gasteiger partial charge in [0, 0.05) is 23.5 Å². The summed E-state index contributed by atoms with van der Waals surface area (Å²) in [5.41, 5.74) is 9.03. The van der Waals surface area contributed by atoms with Crippen LogP contribution in [0.5, 0.6) is 5.75 Å². The zero-order valence-corrected chi connectivity index (χ0v) is 11.7. The molecule has 2 heterocycles. The van der Waals surface area contributed by atoms with Crippen molar-refractivity contribution in [1.82, 2.24) is 15.1 Å². The minimum absolute atomic E-state index is 0.405. The molecule has 0 atom stereocenters. The van der Waals surface area contributed by atoms with Gasteiger partial charge in [-0.2, -0.15) is 4.98 Å². The fourth-order valence-electron chi connectivity index (χ4n) is 2.02. The van der Waals surface area contributed by atoms with Crippen LogP contribution in [0.3, 0.4) is 0 Å². The van der Waals surface area contributed by atoms with Crippen molar-refractivity contribution in [1.29, 1.82) is 0 Å². The third-order valence-corrected chi connectivity index (χ3v) is 3.18. The Kier molecular flexibility index (Phi) is 3.27. The van der Waals surface area contributed by atoms with Crippen molar-refractivity contribution < 1.29 is 9.26 Å². The molecule has 0 saturated carbocycles. The molecule has 0 spiro atoms. The summed E-state index contributed by atoms with van der Waals surface area (Å²) in [5, 5.41) is 4.00. The van der Waals surface area contributed by atoms with E-state index in [-0.39, 0.29) is 0 Å². The molecule has 3 aromatic rings. The smallest absolute Gasteiger partial charge is 0.258 e. The molecule has 0 aliphatic rings. The molecule has 0 aliphatic carbocycles. The van der Waals surface area contributed by atoms with Crippen LogP contribution in [-0.2, 0) is 0 Å². The largest absolute Gasteiger partial charge is 0.495 e. The normalized spacial score (nSPS) is 10.6. The molecule has 2 aromatic heterocycles. The number of anilines is 1. The number of aryl methyl sites for hydroxylation is 1. The van der Waals surface area contributed by atoms with Crippen LogP contribution in [-0.4, -0.2) is 22.2 Å². The van der Waals surface area contributed by atoms with Crippen molar-refractivity contribution in [2.45, 2.75) is 6.92 Å². The number of nitrogens with zero attached hydrogens (tertiary/aromatic N) is 3. The summed E-state index contributed by atoms with van der Waals surface area (Å²) < 4.78 is 10.4. The van der Waals surface area contributed by atoms with Gasteiger partial charge < -0.3 is 15.0 Å². The van der Waals surface area contributed by atoms with Gasteiger partial charge in [-0.05, 0) is 36.8 Å². The SMILES string of the molecule is COc1ccc(-c2nc(-c3cnccc3C)no2)cc1N. The predicted molar refractivity (Wildman–Crippen MR) is 78.7 cm³/mol. The number of pyridine rings is 1. The third kappa shape index (κ3) is 2.43. The lowest BCUT2D eigenvalue weighted by molar-refractivity contribution is 0.416. The maximum absolute atomic E-state index is 5.89. The standard InChI is InChI=1S/C15H14N4O2/c1-9-5-6-17-8-11(9)14-18-15(21-19-14)10-3-4-13(20-2)12(16)7-10/h3-8H,16H2,1-2H3. The number of methoxy groups -OCH3 is 1. The Labute approximate surface area is 121 Å². The topological polar surface area (TPSA) is 87.1 Å². The minimum Gasteiger partial charge on any atom is -0.495 e. The first-order valence-corrected chi connectivity index (χ1v) is 6.37. The lowest BCUT2D eigenvalue weighted by atomic mass is 10.1. The van der Waals surface area contributed by atoms with E-state index in [1.165, 1.54) is 0 Å². The molecule has 0 bridgehead atoms. The summed E-state index contributed by atoms with van der Waals surface area (Å²) in [5.74, 6) is 1.52. The summed E-state index contributed by atoms with van der Waals surface area (Å²) in [6.45, 7) is 1.97. The van der Waals surface area contributed by atoms with E-state index >= 15 is 0 Å². The van der Waals surface area contributed by atoms with Crippen LogP contribution in [0.15, 0.2) is 41.2 Å². The van der Waals surface area contributed by atoms with Crippen LogP contribution >= 0.6 is 0 Å². The van der Waals surface area contributed by atoms with Gasteiger partial charge in [0.1, 0.15) is 5.75 Å². The van der Waals surface area contributed by atoms with Gasteiger partial charge in [0.05, 0.1) is 12.8 Å². The second-order valence-corrected chi connectivity index (χ2v) is 4.57. The molecule has 6 nitrogen and oxygen atoms in total. The van der Waals surface area contributed by atoms with Gasteiger partial charge in [-0.1, -0.05) is 5.16 Å². The Bertz CT molecular complexity index is 783. The van der Waals surface area contributed by atoms with E-state index in [1.807, 2.05) is 19.1 Å². The summed E-state index contributed by atoms with van der Waals surface area (Å²) in [6.07, 6.45) is 3.44. The van der Waals surface area contributed by atoms with Gasteiger partial charge in [0.25, 0.3) is 5.89 Å². The molecule has 0 unspecified atom stereocenters. The quantitative estimate of drug-likeness (QED) is 0.743. The average molecular weight is 282 g/mol. The summed E-state index contributed by atoms with van der Waals surface area (Å²) in [6, 6.07) is 7.23. The van der Waals surface area contributed by atoms with Crippen molar-refractivity contribution in [3.05, 3.63) is 42.2 Å². The summed E-state index contributed by atoms with van der Waals surface area (Å²) in [7, 11) is 1.57. The Morgan fingerprint density at radius 2 is 2.10 bits per heavy atom. The van der Waals surface area contributed by atoms with Crippen molar-refractivity contribution >= 4 is 5.69 Å². The van der Waals surface area contributed by atoms with Crippen LogP contribution in [0.25, 0.3) is 22.8 Å². The van der Waals surface area contributed by atoms with E-state index in [1.54, 1.807) is 31.6 Å². The number of ether oxygens (including phenoxy) is 1. The number of rotatable bonds is 3. The maximum Gasteiger partial charge on any atom is 0.258 e. The minimum atomic E-state index is 0.405. The molecule has 0 amide bonds. The molecule has 21 heavy (non-hydrogen) atoms. The monoisotopic (exact) mass is 282 g/mol. The van der Waals surface area contributed by atoms with E-state index in [0.29, 0.717) is 23.2 Å². The highest BCUT2D eigenvalue weighted by Crippen LogP contribution is 2.29. The zero-order valence-electron chi connectivity index (χ0n) is 11.7. The highest BCUT2D eigenvalue weighted by molar-refractivity contribution is 5.67. The number of nitrogens with two attached hydrogens (primary N) is 1. The van der Waals surface area contributed by atoms with Gasteiger partial charge in [0.15, 0.2) is 0 Å². The fraction of sp³-hybridized carbons (Fsp3) is 0.133. The first-order valence-electron chi connectivity index (χ1n) is 6.37. The van der Waals surface area contributed by atoms with Gasteiger partial charge in [-0.3, -0.25) is 4.98 Å². The first-order chi connectivity index (χ1) is 10.2. The van der Waals surface area contributed by atoms with E-state index < -0.39 is 0 Å². The molecular weight excluding hydrogens is 268 g/mol. The Morgan fingerprint density at radius 1 is 1.24 bits per heavy atom. The molecule has 106 valence electrons. The number of nitrogen functional groups attached to an aromatic ring is 1. The molecule has 6 heteroatoms. The predicted octanol–water partition coefficient (Wildman–Crippen LogP) is 2.70. The number of benzene rings is 1. The zero-order chi connectivity index (χ0) is 14.8. The first kappa shape index (κ1) is 13.1. The van der Waals surface area contributed by atoms with E-state index in [9.17, 15) is 0 Å². The molecule has 0 saturated heterocycles. The number of hydrogen-bond acceptors (Lipinski definition) is 6. The maximum atomic E-state index is 5.89. The molecule has 0 radical (unpaired) electrons. The van der Waals surface area contributed by atoms with Gasteiger partial charge >= 0.3 is 0 Å². The fourth-order valence-corrected chi connectivity index (χ4v) is 2.02. The van der Waals surface area contributed by atoms with Crippen LogP contribution in [0.4, 0.5) is 5.69 Å². The van der Waals surface area contributed by atoms with Crippen molar-refractivity contribution in [3.8, 4) is 28.6 Å². The molecule has 3 rings (SSSR count). The van der Waals surface area contributed by atoms with E-state index in [0.717, 1.165) is 16.7 Å². The second kappa shape index (κ2) is 5.24. The Hall–Kier alpha value is -2.89. The van der Waals surface area contributed by atoms with Gasteiger partial charge in [0.2, 0.25) is 5.82 Å². The highest BCUT2D eigenvalue weighted by atomic mass is 16.5. The van der Waals surface area contributed by atoms with E-state index in [2.05, 4.69) is 15.1 Å². The second-order valence-electron chi connectivity index (χ2n) is 4.57. The highest BCUT2D eigenvalue weighted by Gasteiger charge is 2.13. The van der Waals surface area contributed by atoms with Gasteiger partial charge in [-0.15, -0.1) is 0 Å². The van der Waals surface area contributed by atoms with Crippen molar-refractivity contribution in [2.75, 3.05) is 12.8 Å². The molecule has 1 aromatic carbocycles. The molecule has 2 N–H and O–H groups in total. The lowest BCUT2D eigenvalue weighted by Gasteiger charge is -2.04. The molecule has 0 fully saturated rings. The van der Waals surface area contributed by atoms with Crippen molar-refractivity contribution in [3.63, 3.8) is 0 Å². The number of aromatic nitrogens is 3. The van der Waals surface area contributed by atoms with Crippen LogP contribution in [0, 0.1) is 6.92 Å². The summed E-state index contributed by atoms with van der Waals surface area (Å²) >= 11 is 0. The lowest BCUT2D eigenvalue weighted by Crippen LogP contribution is -1.92. The number of hydrogen-bond donors (Lipinski definition) is 1. The Balaban J connectivity index is 1.99. The van der Waals surface area contributed by atoms with Crippen LogP contribution < -0.4 is 10.5 Å². The molecule has 0 aliphatic heterocycles.